The minimum absolute atomic E-state index is 0.0139. The molecule has 0 bridgehead atoms. The van der Waals surface area contributed by atoms with E-state index in [2.05, 4.69) is 10.9 Å². The van der Waals surface area contributed by atoms with E-state index in [9.17, 15) is 10.4 Å². The molecule has 1 aliphatic rings. The maximum Gasteiger partial charge on any atom is 0.173 e. The summed E-state index contributed by atoms with van der Waals surface area (Å²) in [6.07, 6.45) is 2.61. The fourth-order valence-corrected chi connectivity index (χ4v) is 0.307. The van der Waals surface area contributed by atoms with Gasteiger partial charge in [-0.05, 0) is 0 Å². The van der Waals surface area contributed by atoms with Gasteiger partial charge in [-0.25, -0.2) is 0 Å². The molecule has 6 nitrogen and oxygen atoms in total. The lowest BCUT2D eigenvalue weighted by molar-refractivity contribution is -1.02. The van der Waals surface area contributed by atoms with Gasteiger partial charge in [-0.15, -0.1) is 0 Å². The van der Waals surface area contributed by atoms with E-state index in [-0.39, 0.29) is 9.94 Å². The van der Waals surface area contributed by atoms with Crippen molar-refractivity contribution in [3.05, 3.63) is 22.8 Å². The summed E-state index contributed by atoms with van der Waals surface area (Å²) in [4.78, 5) is 0.0278. The van der Waals surface area contributed by atoms with E-state index in [1.807, 2.05) is 0 Å². The summed E-state index contributed by atoms with van der Waals surface area (Å²) in [5.41, 5.74) is 4.16. The van der Waals surface area contributed by atoms with Crippen LogP contribution in [0.2, 0.25) is 0 Å². The largest absolute Gasteiger partial charge is 0.640 e. The highest BCUT2D eigenvalue weighted by Crippen LogP contribution is 1.74. The van der Waals surface area contributed by atoms with Crippen LogP contribution in [0.1, 0.15) is 0 Å². The first kappa shape index (κ1) is 4.69. The van der Waals surface area contributed by atoms with Crippen molar-refractivity contribution in [3.63, 3.8) is 0 Å². The topological polar surface area (TPSA) is 76.2 Å². The highest BCUT2D eigenvalue weighted by Gasteiger charge is 2.00. The molecule has 0 amide bonds. The summed E-state index contributed by atoms with van der Waals surface area (Å²) >= 11 is 0. The number of nitrogens with zero attached hydrogens (tertiary/aromatic N) is 2. The number of hydrogen-bond acceptors (Lipinski definition) is 4. The first-order chi connectivity index (χ1) is 3.80. The monoisotopic (exact) mass is 116 g/mol. The van der Waals surface area contributed by atoms with E-state index in [0.29, 0.717) is 0 Å². The lowest BCUT2D eigenvalue weighted by atomic mass is 10.9. The molecule has 0 atom stereocenters. The molecular weight excluding hydrogens is 112 g/mol. The van der Waals surface area contributed by atoms with Crippen LogP contribution in [0, 0.1) is 10.4 Å². The molecule has 0 aliphatic carbocycles. The van der Waals surface area contributed by atoms with Crippen molar-refractivity contribution in [3.8, 4) is 0 Å². The number of hydrazine groups is 2. The molecule has 0 fully saturated rings. The molecule has 0 aromatic heterocycles. The van der Waals surface area contributed by atoms with Crippen molar-refractivity contribution >= 4 is 0 Å². The maximum atomic E-state index is 10.1. The second-order valence-electron chi connectivity index (χ2n) is 1.14. The quantitative estimate of drug-likeness (QED) is 0.313. The van der Waals surface area contributed by atoms with Gasteiger partial charge in [0, 0.05) is 0 Å². The smallest absolute Gasteiger partial charge is 0.173 e. The van der Waals surface area contributed by atoms with Crippen LogP contribution >= 0.6 is 0 Å². The normalized spacial score (nSPS) is 17.5. The zero-order chi connectivity index (χ0) is 5.98. The SMILES string of the molecule is [O-][N+]1=[N+]([O-])NC=CN1. The lowest BCUT2D eigenvalue weighted by Gasteiger charge is -2.07. The Kier molecular flexibility index (Phi) is 0.918. The van der Waals surface area contributed by atoms with Crippen LogP contribution in [0.25, 0.3) is 0 Å². The molecule has 1 rings (SSSR count). The molecular formula is C2H4N4O2. The van der Waals surface area contributed by atoms with E-state index < -0.39 is 0 Å². The Hall–Kier alpha value is -1.46. The molecule has 0 saturated carbocycles. The van der Waals surface area contributed by atoms with Crippen molar-refractivity contribution in [1.29, 1.82) is 0 Å². The average Bonchev–Trinajstić information content (AvgIpc) is 1.77. The van der Waals surface area contributed by atoms with Crippen molar-refractivity contribution in [1.82, 2.24) is 10.9 Å². The molecule has 0 aromatic carbocycles. The Morgan fingerprint density at radius 3 is 1.62 bits per heavy atom. The summed E-state index contributed by atoms with van der Waals surface area (Å²) in [7, 11) is 0. The van der Waals surface area contributed by atoms with E-state index in [0.717, 1.165) is 0 Å². The van der Waals surface area contributed by atoms with Gasteiger partial charge in [-0.3, -0.25) is 0 Å². The number of rotatable bonds is 0. The van der Waals surface area contributed by atoms with Crippen LogP contribution in [0.4, 0.5) is 0 Å². The lowest BCUT2D eigenvalue weighted by Crippen LogP contribution is -2.37. The number of hydrogen-bond donors (Lipinski definition) is 2. The zero-order valence-electron chi connectivity index (χ0n) is 3.87. The van der Waals surface area contributed by atoms with Gasteiger partial charge in [0.25, 0.3) is 0 Å². The predicted molar refractivity (Wildman–Crippen MR) is 22.7 cm³/mol. The Balaban J connectivity index is 2.67. The summed E-state index contributed by atoms with van der Waals surface area (Å²) in [6, 6.07) is 0. The van der Waals surface area contributed by atoms with E-state index >= 15 is 0 Å². The molecule has 0 radical (unpaired) electrons. The van der Waals surface area contributed by atoms with Crippen molar-refractivity contribution < 1.29 is 9.94 Å². The van der Waals surface area contributed by atoms with E-state index in [1.165, 1.54) is 12.4 Å². The van der Waals surface area contributed by atoms with Gasteiger partial charge >= 0.3 is 0 Å². The van der Waals surface area contributed by atoms with E-state index in [1.54, 1.807) is 0 Å². The van der Waals surface area contributed by atoms with Crippen LogP contribution < -0.4 is 10.9 Å². The molecule has 8 heavy (non-hydrogen) atoms. The fourth-order valence-electron chi connectivity index (χ4n) is 0.307. The van der Waals surface area contributed by atoms with Gasteiger partial charge in [-0.1, -0.05) is 10.9 Å². The third-order valence-corrected chi connectivity index (χ3v) is 0.618. The van der Waals surface area contributed by atoms with Crippen LogP contribution in [0.3, 0.4) is 0 Å². The second-order valence-corrected chi connectivity index (χ2v) is 1.14. The molecule has 0 aromatic rings. The predicted octanol–water partition coefficient (Wildman–Crippen LogP) is -1.05. The number of nitrogens with one attached hydrogen (secondary N) is 2. The van der Waals surface area contributed by atoms with Gasteiger partial charge in [-0.2, -0.15) is 0 Å². The third kappa shape index (κ3) is 0.625. The molecule has 6 heteroatoms. The molecule has 44 valence electrons. The zero-order valence-corrected chi connectivity index (χ0v) is 3.87. The Morgan fingerprint density at radius 2 is 1.38 bits per heavy atom. The third-order valence-electron chi connectivity index (χ3n) is 0.618. The first-order valence-corrected chi connectivity index (χ1v) is 1.92. The van der Waals surface area contributed by atoms with Crippen molar-refractivity contribution in [2.75, 3.05) is 0 Å². The molecule has 0 unspecified atom stereocenters. The fraction of sp³-hybridized carbons (Fsp3) is 0. The summed E-state index contributed by atoms with van der Waals surface area (Å²) in [5.74, 6) is 0. The molecule has 1 heterocycles. The van der Waals surface area contributed by atoms with Crippen LogP contribution in [-0.2, 0) is 0 Å². The van der Waals surface area contributed by atoms with Gasteiger partial charge < -0.3 is 10.4 Å². The van der Waals surface area contributed by atoms with Crippen LogP contribution in [0.5, 0.6) is 0 Å². The van der Waals surface area contributed by atoms with Gasteiger partial charge in [0.2, 0.25) is 0 Å². The summed E-state index contributed by atoms with van der Waals surface area (Å²) in [6.45, 7) is 0. The second kappa shape index (κ2) is 1.57. The Bertz CT molecular complexity index is 134. The standard InChI is InChI=1S/C2H4N4O2/c7-5-3-1-2-4-6(5)8/h1-4H. The maximum absolute atomic E-state index is 10.1. The minimum atomic E-state index is 0.0139. The Labute approximate surface area is 44.8 Å². The molecule has 0 spiro atoms. The molecule has 1 aliphatic heterocycles. The Morgan fingerprint density at radius 1 is 1.00 bits per heavy atom. The average molecular weight is 116 g/mol. The first-order valence-electron chi connectivity index (χ1n) is 1.92. The van der Waals surface area contributed by atoms with Gasteiger partial charge in [0.15, 0.2) is 12.4 Å². The minimum Gasteiger partial charge on any atom is -0.640 e. The van der Waals surface area contributed by atoms with Crippen LogP contribution in [-0.4, -0.2) is 9.94 Å². The highest BCUT2D eigenvalue weighted by atomic mass is 16.7. The summed E-state index contributed by atoms with van der Waals surface area (Å²) < 4.78 is 0. The highest BCUT2D eigenvalue weighted by molar-refractivity contribution is 4.68. The molecule has 0 saturated heterocycles. The van der Waals surface area contributed by atoms with E-state index in [4.69, 9.17) is 0 Å². The van der Waals surface area contributed by atoms with Crippen molar-refractivity contribution in [2.24, 2.45) is 0 Å². The van der Waals surface area contributed by atoms with Crippen LogP contribution in [0.15, 0.2) is 12.4 Å². The van der Waals surface area contributed by atoms with Gasteiger partial charge in [0.1, 0.15) is 0 Å². The van der Waals surface area contributed by atoms with Gasteiger partial charge in [0.05, 0.1) is 9.94 Å². The molecule has 2 N–H and O–H groups in total. The summed E-state index contributed by atoms with van der Waals surface area (Å²) in [5, 5.41) is 20.2. The van der Waals surface area contributed by atoms with Crippen molar-refractivity contribution in [2.45, 2.75) is 0 Å².